The molecule has 2 aromatic rings. The molecular formula is C15H13ClN4O3. The molecule has 0 fully saturated rings. The van der Waals surface area contributed by atoms with Gasteiger partial charge in [-0.25, -0.2) is 0 Å². The van der Waals surface area contributed by atoms with Crippen LogP contribution in [0.1, 0.15) is 22.7 Å². The number of aromatic amines is 1. The molecule has 1 aromatic heterocycles. The first kappa shape index (κ1) is 15.1. The maximum absolute atomic E-state index is 9.90. The van der Waals surface area contributed by atoms with Crippen molar-refractivity contribution in [3.05, 3.63) is 45.4 Å². The molecule has 23 heavy (non-hydrogen) atoms. The Bertz CT molecular complexity index is 866. The van der Waals surface area contributed by atoms with Gasteiger partial charge in [0.2, 0.25) is 11.8 Å². The van der Waals surface area contributed by atoms with Crippen LogP contribution in [0.5, 0.6) is 17.4 Å². The average molecular weight is 333 g/mol. The van der Waals surface area contributed by atoms with Crippen LogP contribution in [0.4, 0.5) is 0 Å². The number of aryl methyl sites for hydroxylation is 1. The van der Waals surface area contributed by atoms with E-state index in [0.29, 0.717) is 17.0 Å². The minimum atomic E-state index is -0.519. The third-order valence-corrected chi connectivity index (χ3v) is 4.02. The number of ether oxygens (including phenoxy) is 2. The van der Waals surface area contributed by atoms with E-state index in [1.807, 2.05) is 6.92 Å². The smallest absolute Gasteiger partial charge is 0.244 e. The van der Waals surface area contributed by atoms with Crippen molar-refractivity contribution in [3.63, 3.8) is 0 Å². The first-order valence-corrected chi connectivity index (χ1v) is 7.04. The summed E-state index contributed by atoms with van der Waals surface area (Å²) in [5.41, 5.74) is 8.16. The monoisotopic (exact) mass is 332 g/mol. The van der Waals surface area contributed by atoms with Crippen LogP contribution in [0.25, 0.3) is 0 Å². The summed E-state index contributed by atoms with van der Waals surface area (Å²) in [6.07, 6.45) is 0. The van der Waals surface area contributed by atoms with Crippen LogP contribution in [0.15, 0.2) is 23.6 Å². The topological polar surface area (TPSA) is 117 Å². The predicted molar refractivity (Wildman–Crippen MR) is 82.3 cm³/mol. The van der Waals surface area contributed by atoms with Gasteiger partial charge in [0.1, 0.15) is 11.6 Å². The van der Waals surface area contributed by atoms with Gasteiger partial charge in [0.15, 0.2) is 11.5 Å². The van der Waals surface area contributed by atoms with Gasteiger partial charge in [0.25, 0.3) is 0 Å². The Kier molecular flexibility index (Phi) is 3.54. The lowest BCUT2D eigenvalue weighted by atomic mass is 9.84. The summed E-state index contributed by atoms with van der Waals surface area (Å²) >= 11 is 6.07. The van der Waals surface area contributed by atoms with Crippen molar-refractivity contribution >= 4 is 11.6 Å². The number of hydrogen-bond acceptors (Lipinski definition) is 6. The number of H-pyrrole nitrogens is 1. The zero-order valence-corrected chi connectivity index (χ0v) is 13.1. The number of nitriles is 1. The number of halogens is 1. The van der Waals surface area contributed by atoms with Crippen molar-refractivity contribution in [1.82, 2.24) is 10.2 Å². The number of phenolic OH excluding ortho intramolecular Hbond substituents is 1. The van der Waals surface area contributed by atoms with Gasteiger partial charge in [-0.3, -0.25) is 5.10 Å². The second kappa shape index (κ2) is 5.41. The Labute approximate surface area is 136 Å². The number of nitrogens with two attached hydrogens (primary N) is 1. The number of aromatic nitrogens is 2. The van der Waals surface area contributed by atoms with Gasteiger partial charge < -0.3 is 20.3 Å². The average Bonchev–Trinajstić information content (AvgIpc) is 2.89. The van der Waals surface area contributed by atoms with Crippen LogP contribution in [0.2, 0.25) is 5.02 Å². The van der Waals surface area contributed by atoms with Crippen molar-refractivity contribution in [2.75, 3.05) is 7.11 Å². The summed E-state index contributed by atoms with van der Waals surface area (Å²) in [5, 5.41) is 26.4. The summed E-state index contributed by atoms with van der Waals surface area (Å²) in [6, 6.07) is 5.25. The molecule has 3 rings (SSSR count). The molecule has 0 radical (unpaired) electrons. The van der Waals surface area contributed by atoms with Gasteiger partial charge in [-0.1, -0.05) is 11.6 Å². The van der Waals surface area contributed by atoms with Crippen molar-refractivity contribution in [2.45, 2.75) is 12.8 Å². The molecule has 0 saturated heterocycles. The number of rotatable bonds is 2. The first-order chi connectivity index (χ1) is 11.0. The standard InChI is InChI=1S/C15H13ClN4O3/c1-6-11-12(7-3-9(16)13(21)10(4-7)22-2)8(5-17)14(18)23-15(11)20-19-6/h3-4,12,21H,18H2,1-2H3,(H,19,20)/t12-/m0/s1. The molecule has 2 heterocycles. The maximum Gasteiger partial charge on any atom is 0.244 e. The molecule has 0 amide bonds. The molecule has 0 unspecified atom stereocenters. The van der Waals surface area contributed by atoms with E-state index in [1.54, 1.807) is 12.1 Å². The third kappa shape index (κ3) is 2.24. The Morgan fingerprint density at radius 3 is 2.91 bits per heavy atom. The molecule has 1 aliphatic rings. The largest absolute Gasteiger partial charge is 0.503 e. The fourth-order valence-corrected chi connectivity index (χ4v) is 2.87. The second-order valence-corrected chi connectivity index (χ2v) is 5.45. The number of nitrogens with one attached hydrogen (secondary N) is 1. The van der Waals surface area contributed by atoms with E-state index in [1.165, 1.54) is 7.11 Å². The van der Waals surface area contributed by atoms with Crippen molar-refractivity contribution < 1.29 is 14.6 Å². The molecule has 4 N–H and O–H groups in total. The highest BCUT2D eigenvalue weighted by molar-refractivity contribution is 6.32. The molecule has 0 bridgehead atoms. The molecule has 1 aliphatic heterocycles. The minimum absolute atomic E-state index is 0.0142. The summed E-state index contributed by atoms with van der Waals surface area (Å²) in [7, 11) is 1.42. The van der Waals surface area contributed by atoms with Gasteiger partial charge in [0.05, 0.1) is 18.1 Å². The zero-order valence-electron chi connectivity index (χ0n) is 12.3. The van der Waals surface area contributed by atoms with E-state index in [2.05, 4.69) is 16.3 Å². The second-order valence-electron chi connectivity index (χ2n) is 5.05. The Balaban J connectivity index is 2.27. The molecule has 1 aromatic carbocycles. The molecule has 1 atom stereocenters. The number of aromatic hydroxyl groups is 1. The summed E-state index contributed by atoms with van der Waals surface area (Å²) in [6.45, 7) is 1.82. The lowest BCUT2D eigenvalue weighted by Gasteiger charge is -2.24. The Morgan fingerprint density at radius 1 is 1.52 bits per heavy atom. The normalized spacial score (nSPS) is 16.5. The quantitative estimate of drug-likeness (QED) is 0.776. The van der Waals surface area contributed by atoms with Crippen LogP contribution in [-0.2, 0) is 0 Å². The van der Waals surface area contributed by atoms with Gasteiger partial charge in [-0.2, -0.15) is 5.26 Å². The molecule has 118 valence electrons. The number of benzene rings is 1. The van der Waals surface area contributed by atoms with E-state index >= 15 is 0 Å². The van der Waals surface area contributed by atoms with Crippen LogP contribution >= 0.6 is 11.6 Å². The fraction of sp³-hybridized carbons (Fsp3) is 0.200. The highest BCUT2D eigenvalue weighted by atomic mass is 35.5. The van der Waals surface area contributed by atoms with E-state index in [0.717, 1.165) is 5.69 Å². The lowest BCUT2D eigenvalue weighted by molar-refractivity contribution is 0.371. The highest BCUT2D eigenvalue weighted by Crippen LogP contribution is 2.46. The summed E-state index contributed by atoms with van der Waals surface area (Å²) < 4.78 is 10.5. The number of fused-ring (bicyclic) bond motifs is 1. The van der Waals surface area contributed by atoms with Gasteiger partial charge >= 0.3 is 0 Å². The van der Waals surface area contributed by atoms with Crippen molar-refractivity contribution in [2.24, 2.45) is 5.73 Å². The zero-order chi connectivity index (χ0) is 16.7. The highest BCUT2D eigenvalue weighted by Gasteiger charge is 2.35. The minimum Gasteiger partial charge on any atom is -0.503 e. The Morgan fingerprint density at radius 2 is 2.26 bits per heavy atom. The number of hydrogen-bond donors (Lipinski definition) is 3. The summed E-state index contributed by atoms with van der Waals surface area (Å²) in [4.78, 5) is 0. The van der Waals surface area contributed by atoms with E-state index in [9.17, 15) is 10.4 Å². The number of nitrogens with zero attached hydrogens (tertiary/aromatic N) is 2. The number of allylic oxidation sites excluding steroid dienone is 1. The van der Waals surface area contributed by atoms with Crippen LogP contribution in [-0.4, -0.2) is 22.4 Å². The van der Waals surface area contributed by atoms with E-state index in [-0.39, 0.29) is 28.0 Å². The van der Waals surface area contributed by atoms with Crippen molar-refractivity contribution in [3.8, 4) is 23.4 Å². The van der Waals surface area contributed by atoms with Gasteiger partial charge in [-0.15, -0.1) is 5.10 Å². The van der Waals surface area contributed by atoms with Gasteiger partial charge in [-0.05, 0) is 24.6 Å². The molecular weight excluding hydrogens is 320 g/mol. The molecule has 0 saturated carbocycles. The fourth-order valence-electron chi connectivity index (χ4n) is 2.65. The predicted octanol–water partition coefficient (Wildman–Crippen LogP) is 2.30. The molecule has 0 aliphatic carbocycles. The van der Waals surface area contributed by atoms with Gasteiger partial charge in [0, 0.05) is 11.3 Å². The molecule has 7 nitrogen and oxygen atoms in total. The van der Waals surface area contributed by atoms with E-state index in [4.69, 9.17) is 26.8 Å². The van der Waals surface area contributed by atoms with Crippen LogP contribution in [0.3, 0.4) is 0 Å². The maximum atomic E-state index is 9.90. The molecule has 8 heteroatoms. The van der Waals surface area contributed by atoms with Crippen LogP contribution in [0, 0.1) is 18.3 Å². The van der Waals surface area contributed by atoms with E-state index < -0.39 is 5.92 Å². The van der Waals surface area contributed by atoms with Crippen LogP contribution < -0.4 is 15.2 Å². The Hall–Kier alpha value is -2.85. The number of methoxy groups -OCH3 is 1. The lowest BCUT2D eigenvalue weighted by Crippen LogP contribution is -2.21. The molecule has 0 spiro atoms. The SMILES string of the molecule is COc1cc([C@H]2C(C#N)=C(N)Oc3n[nH]c(C)c32)cc(Cl)c1O. The first-order valence-electron chi connectivity index (χ1n) is 6.66. The van der Waals surface area contributed by atoms with Crippen molar-refractivity contribution in [1.29, 1.82) is 5.26 Å². The number of phenols is 1. The third-order valence-electron chi connectivity index (χ3n) is 3.73. The summed E-state index contributed by atoms with van der Waals surface area (Å²) in [5.74, 6) is -0.177.